The van der Waals surface area contributed by atoms with Crippen LogP contribution in [0.4, 0.5) is 0 Å². The van der Waals surface area contributed by atoms with Gasteiger partial charge in [-0.2, -0.15) is 0 Å². The van der Waals surface area contributed by atoms with Gasteiger partial charge in [0.25, 0.3) is 0 Å². The van der Waals surface area contributed by atoms with Gasteiger partial charge in [-0.25, -0.2) is 4.79 Å². The van der Waals surface area contributed by atoms with Crippen LogP contribution in [-0.2, 0) is 19.1 Å². The lowest BCUT2D eigenvalue weighted by molar-refractivity contribution is -0.289. The van der Waals surface area contributed by atoms with Crippen LogP contribution < -0.4 is 0 Å². The first-order chi connectivity index (χ1) is 11.3. The molecule has 0 amide bonds. The first-order valence-electron chi connectivity index (χ1n) is 7.31. The van der Waals surface area contributed by atoms with Crippen molar-refractivity contribution >= 4 is 18.0 Å². The highest BCUT2D eigenvalue weighted by Crippen LogP contribution is 2.42. The molecule has 24 heavy (non-hydrogen) atoms. The number of aliphatic hydroxyl groups is 2. The van der Waals surface area contributed by atoms with Crippen molar-refractivity contribution in [3.8, 4) is 11.5 Å². The largest absolute Gasteiger partial charge is 0.504 e. The maximum atomic E-state index is 11.9. The Morgan fingerprint density at radius 3 is 2.67 bits per heavy atom. The second-order valence-electron chi connectivity index (χ2n) is 5.93. The summed E-state index contributed by atoms with van der Waals surface area (Å²) in [5.41, 5.74) is 0.450. The molecule has 8 heteroatoms. The summed E-state index contributed by atoms with van der Waals surface area (Å²) >= 11 is 0. The van der Waals surface area contributed by atoms with Crippen molar-refractivity contribution in [2.75, 3.05) is 0 Å². The number of hydrogen-bond donors (Lipinski definition) is 4. The van der Waals surface area contributed by atoms with Crippen LogP contribution in [0.25, 0.3) is 6.08 Å². The molecule has 2 aliphatic heterocycles. The molecule has 1 saturated carbocycles. The standard InChI is InChI=1S/C16H16O8/c17-9-3-1-8(5-10(9)18)2-4-13(20)23-12-7-16(22)6-11(19)14(12)15(21)24-16/h1-5,11-12,14,17-19,22H,6-7H2. The molecule has 1 aliphatic carbocycles. The molecule has 0 aromatic heterocycles. The first kappa shape index (κ1) is 16.3. The predicted molar refractivity (Wildman–Crippen MR) is 78.5 cm³/mol. The van der Waals surface area contributed by atoms with Gasteiger partial charge in [0.1, 0.15) is 12.0 Å². The van der Waals surface area contributed by atoms with Crippen LogP contribution in [0, 0.1) is 5.92 Å². The molecule has 1 aromatic rings. The van der Waals surface area contributed by atoms with Crippen molar-refractivity contribution in [2.24, 2.45) is 5.92 Å². The predicted octanol–water partition coefficient (Wildman–Crippen LogP) is 0.0391. The van der Waals surface area contributed by atoms with Gasteiger partial charge in [0.15, 0.2) is 11.5 Å². The van der Waals surface area contributed by atoms with E-state index in [1.165, 1.54) is 24.3 Å². The van der Waals surface area contributed by atoms with E-state index < -0.39 is 35.9 Å². The summed E-state index contributed by atoms with van der Waals surface area (Å²) in [5, 5.41) is 38.5. The highest BCUT2D eigenvalue weighted by atomic mass is 16.7. The number of phenolic OH excluding ortho intramolecular Hbond substituents is 2. The highest BCUT2D eigenvalue weighted by Gasteiger charge is 2.58. The molecule has 2 heterocycles. The van der Waals surface area contributed by atoms with Crippen LogP contribution in [-0.4, -0.2) is 50.4 Å². The number of aromatic hydroxyl groups is 2. The smallest absolute Gasteiger partial charge is 0.331 e. The molecule has 2 saturated heterocycles. The molecule has 4 unspecified atom stereocenters. The third-order valence-electron chi connectivity index (χ3n) is 4.10. The molecule has 3 fully saturated rings. The van der Waals surface area contributed by atoms with Crippen molar-refractivity contribution in [3.63, 3.8) is 0 Å². The molecule has 1 aromatic carbocycles. The second-order valence-corrected chi connectivity index (χ2v) is 5.93. The number of ether oxygens (including phenoxy) is 2. The summed E-state index contributed by atoms with van der Waals surface area (Å²) < 4.78 is 9.95. The Bertz CT molecular complexity index is 712. The van der Waals surface area contributed by atoms with Crippen LogP contribution in [0.15, 0.2) is 24.3 Å². The maximum Gasteiger partial charge on any atom is 0.331 e. The fraction of sp³-hybridized carbons (Fsp3) is 0.375. The Morgan fingerprint density at radius 1 is 1.29 bits per heavy atom. The molecular formula is C16H16O8. The zero-order chi connectivity index (χ0) is 17.5. The lowest BCUT2D eigenvalue weighted by Crippen LogP contribution is -2.61. The van der Waals surface area contributed by atoms with Gasteiger partial charge in [-0.15, -0.1) is 0 Å². The molecule has 4 N–H and O–H groups in total. The Balaban J connectivity index is 1.67. The monoisotopic (exact) mass is 336 g/mol. The van der Waals surface area contributed by atoms with Crippen LogP contribution in [0.2, 0.25) is 0 Å². The minimum atomic E-state index is -1.82. The van der Waals surface area contributed by atoms with Gasteiger partial charge in [-0.05, 0) is 23.8 Å². The number of rotatable bonds is 3. The summed E-state index contributed by atoms with van der Waals surface area (Å²) in [6.07, 6.45) is 0.105. The van der Waals surface area contributed by atoms with E-state index in [-0.39, 0.29) is 24.3 Å². The molecule has 4 rings (SSSR count). The highest BCUT2D eigenvalue weighted by molar-refractivity contribution is 5.88. The molecule has 2 bridgehead atoms. The summed E-state index contributed by atoms with van der Waals surface area (Å²) in [4.78, 5) is 23.6. The van der Waals surface area contributed by atoms with Gasteiger partial charge in [0, 0.05) is 12.5 Å². The van der Waals surface area contributed by atoms with E-state index in [2.05, 4.69) is 0 Å². The van der Waals surface area contributed by atoms with Crippen LogP contribution >= 0.6 is 0 Å². The fourth-order valence-corrected chi connectivity index (χ4v) is 2.99. The van der Waals surface area contributed by atoms with E-state index in [9.17, 15) is 30.0 Å². The number of carbonyl (C=O) groups is 2. The van der Waals surface area contributed by atoms with Gasteiger partial charge in [0.2, 0.25) is 5.79 Å². The number of fused-ring (bicyclic) bond motifs is 3. The number of aliphatic hydroxyl groups excluding tert-OH is 1. The lowest BCUT2D eigenvalue weighted by Gasteiger charge is -2.47. The van der Waals surface area contributed by atoms with Gasteiger partial charge < -0.3 is 29.9 Å². The van der Waals surface area contributed by atoms with Gasteiger partial charge >= 0.3 is 11.9 Å². The average molecular weight is 336 g/mol. The first-order valence-corrected chi connectivity index (χ1v) is 7.31. The molecular weight excluding hydrogens is 320 g/mol. The van der Waals surface area contributed by atoms with Crippen molar-refractivity contribution in [1.82, 2.24) is 0 Å². The lowest BCUT2D eigenvalue weighted by atomic mass is 9.77. The van der Waals surface area contributed by atoms with Crippen LogP contribution in [0.5, 0.6) is 11.5 Å². The average Bonchev–Trinajstić information content (AvgIpc) is 2.46. The summed E-state index contributed by atoms with van der Waals surface area (Å²) in [6.45, 7) is 0. The van der Waals surface area contributed by atoms with Crippen molar-refractivity contribution in [2.45, 2.75) is 30.8 Å². The SMILES string of the molecule is O=C(C=Cc1ccc(O)c(O)c1)OC1CC2(O)CC(O)C1C(=O)O2. The molecule has 0 spiro atoms. The van der Waals surface area contributed by atoms with Gasteiger partial charge in [-0.3, -0.25) is 4.79 Å². The van der Waals surface area contributed by atoms with Gasteiger partial charge in [-0.1, -0.05) is 6.07 Å². The Kier molecular flexibility index (Phi) is 3.94. The normalized spacial score (nSPS) is 31.9. The third kappa shape index (κ3) is 3.06. The van der Waals surface area contributed by atoms with Crippen molar-refractivity contribution in [1.29, 1.82) is 0 Å². The number of benzene rings is 1. The van der Waals surface area contributed by atoms with Crippen molar-refractivity contribution < 1.29 is 39.5 Å². The van der Waals surface area contributed by atoms with E-state index in [0.29, 0.717) is 5.56 Å². The third-order valence-corrected chi connectivity index (χ3v) is 4.10. The van der Waals surface area contributed by atoms with Crippen LogP contribution in [0.1, 0.15) is 18.4 Å². The molecule has 3 aliphatic rings. The number of phenols is 2. The minimum absolute atomic E-state index is 0.0972. The van der Waals surface area contributed by atoms with E-state index in [1.807, 2.05) is 0 Å². The van der Waals surface area contributed by atoms with E-state index >= 15 is 0 Å². The number of hydrogen-bond acceptors (Lipinski definition) is 8. The molecule has 0 radical (unpaired) electrons. The Labute approximate surface area is 136 Å². The zero-order valence-corrected chi connectivity index (χ0v) is 12.5. The maximum absolute atomic E-state index is 11.9. The van der Waals surface area contributed by atoms with Crippen LogP contribution in [0.3, 0.4) is 0 Å². The summed E-state index contributed by atoms with van der Waals surface area (Å²) in [7, 11) is 0. The fourth-order valence-electron chi connectivity index (χ4n) is 2.99. The number of carbonyl (C=O) groups excluding carboxylic acids is 2. The Hall–Kier alpha value is -2.58. The number of esters is 2. The van der Waals surface area contributed by atoms with E-state index in [0.717, 1.165) is 6.08 Å². The van der Waals surface area contributed by atoms with Crippen molar-refractivity contribution in [3.05, 3.63) is 29.8 Å². The topological polar surface area (TPSA) is 134 Å². The molecule has 8 nitrogen and oxygen atoms in total. The second kappa shape index (κ2) is 5.81. The van der Waals surface area contributed by atoms with Gasteiger partial charge in [0.05, 0.1) is 12.5 Å². The Morgan fingerprint density at radius 2 is 2.04 bits per heavy atom. The zero-order valence-electron chi connectivity index (χ0n) is 12.5. The van der Waals surface area contributed by atoms with E-state index in [1.54, 1.807) is 0 Å². The summed E-state index contributed by atoms with van der Waals surface area (Å²) in [5.74, 6) is -5.02. The molecule has 128 valence electrons. The minimum Gasteiger partial charge on any atom is -0.504 e. The molecule has 4 atom stereocenters. The summed E-state index contributed by atoms with van der Waals surface area (Å²) in [6, 6.07) is 4.00. The van der Waals surface area contributed by atoms with E-state index in [4.69, 9.17) is 9.47 Å². The quantitative estimate of drug-likeness (QED) is 0.345.